The zero-order valence-corrected chi connectivity index (χ0v) is 10.1. The summed E-state index contributed by atoms with van der Waals surface area (Å²) in [5, 5.41) is 14.2. The van der Waals surface area contributed by atoms with Crippen LogP contribution in [0.15, 0.2) is 35.2 Å². The lowest BCUT2D eigenvalue weighted by atomic mass is 10.1. The fourth-order valence-electron chi connectivity index (χ4n) is 1.54. The SMILES string of the molecule is CC(Nc1ccccc1C(=O)O)c1cscn1. The zero-order valence-electron chi connectivity index (χ0n) is 9.25. The fourth-order valence-corrected chi connectivity index (χ4v) is 2.19. The van der Waals surface area contributed by atoms with E-state index in [4.69, 9.17) is 5.11 Å². The van der Waals surface area contributed by atoms with Crippen LogP contribution in [-0.2, 0) is 0 Å². The van der Waals surface area contributed by atoms with Crippen LogP contribution in [0.25, 0.3) is 0 Å². The maximum Gasteiger partial charge on any atom is 0.337 e. The lowest BCUT2D eigenvalue weighted by Gasteiger charge is -2.14. The molecule has 0 fully saturated rings. The highest BCUT2D eigenvalue weighted by atomic mass is 32.1. The van der Waals surface area contributed by atoms with E-state index in [1.54, 1.807) is 23.7 Å². The van der Waals surface area contributed by atoms with Gasteiger partial charge in [-0.15, -0.1) is 11.3 Å². The third kappa shape index (κ3) is 2.62. The monoisotopic (exact) mass is 248 g/mol. The third-order valence-electron chi connectivity index (χ3n) is 2.42. The average Bonchev–Trinajstić information content (AvgIpc) is 2.83. The summed E-state index contributed by atoms with van der Waals surface area (Å²) < 4.78 is 0. The van der Waals surface area contributed by atoms with Gasteiger partial charge in [-0.25, -0.2) is 9.78 Å². The normalized spacial score (nSPS) is 12.1. The Morgan fingerprint density at radius 1 is 1.47 bits per heavy atom. The molecule has 0 aliphatic heterocycles. The summed E-state index contributed by atoms with van der Waals surface area (Å²) in [4.78, 5) is 15.2. The van der Waals surface area contributed by atoms with Crippen LogP contribution >= 0.6 is 11.3 Å². The minimum Gasteiger partial charge on any atom is -0.478 e. The first-order valence-electron chi connectivity index (χ1n) is 5.15. The molecule has 5 heteroatoms. The number of carboxylic acid groups (broad SMARTS) is 1. The van der Waals surface area contributed by atoms with Crippen molar-refractivity contribution in [3.05, 3.63) is 46.4 Å². The van der Waals surface area contributed by atoms with E-state index in [1.165, 1.54) is 11.3 Å². The molecule has 2 N–H and O–H groups in total. The molecular weight excluding hydrogens is 236 g/mol. The van der Waals surface area contributed by atoms with Crippen LogP contribution in [0, 0.1) is 0 Å². The fraction of sp³-hybridized carbons (Fsp3) is 0.167. The van der Waals surface area contributed by atoms with E-state index in [9.17, 15) is 4.79 Å². The number of nitrogens with zero attached hydrogens (tertiary/aromatic N) is 1. The molecule has 0 radical (unpaired) electrons. The summed E-state index contributed by atoms with van der Waals surface area (Å²) in [7, 11) is 0. The standard InChI is InChI=1S/C12H12N2O2S/c1-8(11-6-17-7-13-11)14-10-5-3-2-4-9(10)12(15)16/h2-8,14H,1H3,(H,15,16). The van der Waals surface area contributed by atoms with E-state index in [0.29, 0.717) is 5.69 Å². The molecule has 1 unspecified atom stereocenters. The Hall–Kier alpha value is -1.88. The Kier molecular flexibility index (Phi) is 3.39. The number of aromatic carboxylic acids is 1. The van der Waals surface area contributed by atoms with Gasteiger partial charge in [0, 0.05) is 11.1 Å². The molecule has 2 rings (SSSR count). The molecule has 0 bridgehead atoms. The lowest BCUT2D eigenvalue weighted by Crippen LogP contribution is -2.10. The number of carbonyl (C=O) groups is 1. The molecule has 0 spiro atoms. The summed E-state index contributed by atoms with van der Waals surface area (Å²) in [6, 6.07) is 6.84. The van der Waals surface area contributed by atoms with Gasteiger partial charge in [-0.3, -0.25) is 0 Å². The Morgan fingerprint density at radius 3 is 2.88 bits per heavy atom. The minimum absolute atomic E-state index is 0.0123. The molecule has 1 atom stereocenters. The molecule has 0 saturated heterocycles. The van der Waals surface area contributed by atoms with Gasteiger partial charge in [-0.1, -0.05) is 12.1 Å². The molecule has 4 nitrogen and oxygen atoms in total. The van der Waals surface area contributed by atoms with E-state index in [0.717, 1.165) is 5.69 Å². The van der Waals surface area contributed by atoms with E-state index in [1.807, 2.05) is 18.4 Å². The number of hydrogen-bond donors (Lipinski definition) is 2. The number of para-hydroxylation sites is 1. The van der Waals surface area contributed by atoms with Gasteiger partial charge in [0.15, 0.2) is 0 Å². The Bertz CT molecular complexity index is 511. The molecule has 17 heavy (non-hydrogen) atoms. The second-order valence-electron chi connectivity index (χ2n) is 3.63. The van der Waals surface area contributed by atoms with Crippen LogP contribution in [0.5, 0.6) is 0 Å². The van der Waals surface area contributed by atoms with E-state index < -0.39 is 5.97 Å². The van der Waals surface area contributed by atoms with E-state index >= 15 is 0 Å². The van der Waals surface area contributed by atoms with Gasteiger partial charge in [-0.05, 0) is 19.1 Å². The second-order valence-corrected chi connectivity index (χ2v) is 4.35. The number of benzene rings is 1. The van der Waals surface area contributed by atoms with Crippen molar-refractivity contribution in [2.75, 3.05) is 5.32 Å². The molecule has 0 aliphatic carbocycles. The summed E-state index contributed by atoms with van der Waals surface area (Å²) >= 11 is 1.52. The van der Waals surface area contributed by atoms with Crippen LogP contribution in [0.3, 0.4) is 0 Å². The van der Waals surface area contributed by atoms with Gasteiger partial charge in [0.1, 0.15) is 0 Å². The van der Waals surface area contributed by atoms with Crippen molar-refractivity contribution in [1.29, 1.82) is 0 Å². The van der Waals surface area contributed by atoms with Crippen LogP contribution in [-0.4, -0.2) is 16.1 Å². The number of anilines is 1. The van der Waals surface area contributed by atoms with Crippen molar-refractivity contribution in [2.45, 2.75) is 13.0 Å². The van der Waals surface area contributed by atoms with Crippen molar-refractivity contribution < 1.29 is 9.90 Å². The Labute approximate surface area is 103 Å². The number of carboxylic acids is 1. The van der Waals surface area contributed by atoms with Gasteiger partial charge >= 0.3 is 5.97 Å². The van der Waals surface area contributed by atoms with Gasteiger partial charge < -0.3 is 10.4 Å². The molecule has 1 aromatic carbocycles. The third-order valence-corrected chi connectivity index (χ3v) is 3.03. The molecular formula is C12H12N2O2S. The van der Waals surface area contributed by atoms with E-state index in [-0.39, 0.29) is 11.6 Å². The van der Waals surface area contributed by atoms with Crippen molar-refractivity contribution in [3.8, 4) is 0 Å². The first kappa shape index (κ1) is 11.6. The largest absolute Gasteiger partial charge is 0.478 e. The summed E-state index contributed by atoms with van der Waals surface area (Å²) in [6.45, 7) is 1.95. The molecule has 1 aromatic heterocycles. The predicted molar refractivity (Wildman–Crippen MR) is 67.6 cm³/mol. The van der Waals surface area contributed by atoms with Gasteiger partial charge in [0.05, 0.1) is 22.8 Å². The minimum atomic E-state index is -0.932. The Morgan fingerprint density at radius 2 is 2.24 bits per heavy atom. The number of thiazole rings is 1. The number of rotatable bonds is 4. The van der Waals surface area contributed by atoms with E-state index in [2.05, 4.69) is 10.3 Å². The number of hydrogen-bond acceptors (Lipinski definition) is 4. The smallest absolute Gasteiger partial charge is 0.337 e. The van der Waals surface area contributed by atoms with Gasteiger partial charge in [0.25, 0.3) is 0 Å². The number of aromatic nitrogens is 1. The molecule has 0 aliphatic rings. The van der Waals surface area contributed by atoms with Crippen LogP contribution in [0.1, 0.15) is 29.0 Å². The maximum atomic E-state index is 11.0. The van der Waals surface area contributed by atoms with Crippen LogP contribution in [0.4, 0.5) is 5.69 Å². The van der Waals surface area contributed by atoms with Crippen molar-refractivity contribution in [3.63, 3.8) is 0 Å². The highest BCUT2D eigenvalue weighted by Crippen LogP contribution is 2.22. The quantitative estimate of drug-likeness (QED) is 0.873. The summed E-state index contributed by atoms with van der Waals surface area (Å²) in [5.74, 6) is -0.932. The van der Waals surface area contributed by atoms with Crippen molar-refractivity contribution in [1.82, 2.24) is 4.98 Å². The zero-order chi connectivity index (χ0) is 12.3. The molecule has 1 heterocycles. The molecule has 88 valence electrons. The van der Waals surface area contributed by atoms with Crippen molar-refractivity contribution >= 4 is 23.0 Å². The first-order valence-corrected chi connectivity index (χ1v) is 6.09. The first-order chi connectivity index (χ1) is 8.18. The van der Waals surface area contributed by atoms with Crippen LogP contribution in [0.2, 0.25) is 0 Å². The average molecular weight is 248 g/mol. The topological polar surface area (TPSA) is 62.2 Å². The maximum absolute atomic E-state index is 11.0. The molecule has 0 amide bonds. The second kappa shape index (κ2) is 4.97. The lowest BCUT2D eigenvalue weighted by molar-refractivity contribution is 0.0698. The summed E-state index contributed by atoms with van der Waals surface area (Å²) in [6.07, 6.45) is 0. The molecule has 2 aromatic rings. The van der Waals surface area contributed by atoms with Crippen molar-refractivity contribution in [2.24, 2.45) is 0 Å². The summed E-state index contributed by atoms with van der Waals surface area (Å²) in [5.41, 5.74) is 3.56. The highest BCUT2D eigenvalue weighted by molar-refractivity contribution is 7.07. The Balaban J connectivity index is 2.21. The van der Waals surface area contributed by atoms with Crippen LogP contribution < -0.4 is 5.32 Å². The highest BCUT2D eigenvalue weighted by Gasteiger charge is 2.12. The predicted octanol–water partition coefficient (Wildman–Crippen LogP) is 3.01. The molecule has 0 saturated carbocycles. The number of nitrogens with one attached hydrogen (secondary N) is 1. The van der Waals surface area contributed by atoms with Gasteiger partial charge in [0.2, 0.25) is 0 Å². The van der Waals surface area contributed by atoms with Gasteiger partial charge in [-0.2, -0.15) is 0 Å².